The SMILES string of the molecule is CC1CCC(c2ccccc2)S(=O)(=O)N1Cc1ccc(C2(C=CC#N)CCOCC2)cc1F. The van der Waals surface area contributed by atoms with Gasteiger partial charge in [0.2, 0.25) is 10.0 Å². The molecule has 2 atom stereocenters. The quantitative estimate of drug-likeness (QED) is 0.579. The number of hydrogen-bond donors (Lipinski definition) is 0. The third kappa shape index (κ3) is 4.74. The molecule has 0 radical (unpaired) electrons. The van der Waals surface area contributed by atoms with E-state index in [-0.39, 0.29) is 12.6 Å². The second-order valence-electron chi connectivity index (χ2n) is 8.95. The maximum absolute atomic E-state index is 15.3. The van der Waals surface area contributed by atoms with E-state index in [9.17, 15) is 8.42 Å². The predicted octanol–water partition coefficient (Wildman–Crippen LogP) is 5.01. The van der Waals surface area contributed by atoms with Crippen LogP contribution in [0.3, 0.4) is 0 Å². The van der Waals surface area contributed by atoms with Crippen LogP contribution in [0.4, 0.5) is 4.39 Å². The summed E-state index contributed by atoms with van der Waals surface area (Å²) >= 11 is 0. The van der Waals surface area contributed by atoms with Crippen molar-refractivity contribution in [3.63, 3.8) is 0 Å². The van der Waals surface area contributed by atoms with Gasteiger partial charge in [-0.05, 0) is 49.8 Å². The molecular weight excluding hydrogens is 439 g/mol. The van der Waals surface area contributed by atoms with Crippen LogP contribution >= 0.6 is 0 Å². The summed E-state index contributed by atoms with van der Waals surface area (Å²) in [5.74, 6) is -0.423. The Balaban J connectivity index is 1.62. The number of benzene rings is 2. The number of nitriles is 1. The average Bonchev–Trinajstić information content (AvgIpc) is 2.82. The monoisotopic (exact) mass is 468 g/mol. The standard InChI is InChI=1S/C26H29FN2O3S/c1-20-8-11-25(21-6-3-2-4-7-21)33(30,31)29(20)19-22-9-10-23(18-24(22)27)26(12-5-15-28)13-16-32-17-14-26/h2-7,9-10,12,18,20,25H,8,11,13-14,16-17,19H2,1H3. The van der Waals surface area contributed by atoms with Crippen molar-refractivity contribution in [1.82, 2.24) is 4.31 Å². The van der Waals surface area contributed by atoms with Gasteiger partial charge >= 0.3 is 0 Å². The molecule has 0 saturated carbocycles. The third-order valence-corrected chi connectivity index (χ3v) is 9.38. The van der Waals surface area contributed by atoms with Crippen molar-refractivity contribution in [2.75, 3.05) is 13.2 Å². The zero-order valence-corrected chi connectivity index (χ0v) is 19.6. The van der Waals surface area contributed by atoms with Crippen molar-refractivity contribution in [3.05, 3.63) is 83.2 Å². The summed E-state index contributed by atoms with van der Waals surface area (Å²) in [6.45, 7) is 2.98. The summed E-state index contributed by atoms with van der Waals surface area (Å²) in [6, 6.07) is 16.1. The van der Waals surface area contributed by atoms with E-state index >= 15 is 4.39 Å². The molecule has 0 aromatic heterocycles. The summed E-state index contributed by atoms with van der Waals surface area (Å²) in [5.41, 5.74) is 1.47. The summed E-state index contributed by atoms with van der Waals surface area (Å²) in [5, 5.41) is 8.40. The first-order chi connectivity index (χ1) is 15.9. The largest absolute Gasteiger partial charge is 0.381 e. The minimum absolute atomic E-state index is 0.00307. The van der Waals surface area contributed by atoms with Gasteiger partial charge in [0.15, 0.2) is 0 Å². The lowest BCUT2D eigenvalue weighted by Gasteiger charge is -2.38. The highest BCUT2D eigenvalue weighted by atomic mass is 32.2. The highest BCUT2D eigenvalue weighted by Crippen LogP contribution is 2.40. The number of sulfonamides is 1. The molecule has 2 saturated heterocycles. The van der Waals surface area contributed by atoms with Gasteiger partial charge in [0.05, 0.1) is 6.07 Å². The number of ether oxygens (including phenoxy) is 1. The Bertz CT molecular complexity index is 1150. The Kier molecular flexibility index (Phi) is 6.99. The molecule has 2 unspecified atom stereocenters. The second kappa shape index (κ2) is 9.76. The van der Waals surface area contributed by atoms with Crippen molar-refractivity contribution in [2.45, 2.75) is 55.9 Å². The molecule has 2 aliphatic heterocycles. The van der Waals surface area contributed by atoms with Gasteiger partial charge in [-0.25, -0.2) is 12.8 Å². The molecule has 0 amide bonds. The van der Waals surface area contributed by atoms with Crippen LogP contribution in [-0.4, -0.2) is 32.0 Å². The number of nitrogens with zero attached hydrogens (tertiary/aromatic N) is 2. The number of rotatable bonds is 5. The molecule has 2 aliphatic rings. The van der Waals surface area contributed by atoms with Gasteiger partial charge in [0, 0.05) is 42.9 Å². The van der Waals surface area contributed by atoms with E-state index < -0.39 is 26.5 Å². The van der Waals surface area contributed by atoms with Crippen LogP contribution in [0.25, 0.3) is 0 Å². The van der Waals surface area contributed by atoms with Crippen LogP contribution in [-0.2, 0) is 26.7 Å². The molecule has 7 heteroatoms. The van der Waals surface area contributed by atoms with E-state index in [0.717, 1.165) is 17.5 Å². The molecule has 0 aliphatic carbocycles. The van der Waals surface area contributed by atoms with Gasteiger partial charge in [0.1, 0.15) is 11.1 Å². The fourth-order valence-electron chi connectivity index (χ4n) is 4.99. The van der Waals surface area contributed by atoms with Gasteiger partial charge in [-0.15, -0.1) is 0 Å². The van der Waals surface area contributed by atoms with Crippen LogP contribution < -0.4 is 0 Å². The fraction of sp³-hybridized carbons (Fsp3) is 0.423. The van der Waals surface area contributed by atoms with Crippen molar-refractivity contribution in [2.24, 2.45) is 0 Å². The van der Waals surface area contributed by atoms with E-state index in [1.807, 2.05) is 55.5 Å². The number of halogens is 1. The maximum Gasteiger partial charge on any atom is 0.221 e. The highest BCUT2D eigenvalue weighted by Gasteiger charge is 2.41. The summed E-state index contributed by atoms with van der Waals surface area (Å²) in [6.07, 6.45) is 5.90. The van der Waals surface area contributed by atoms with Crippen LogP contribution in [0, 0.1) is 17.1 Å². The van der Waals surface area contributed by atoms with Crippen molar-refractivity contribution < 1.29 is 17.5 Å². The maximum atomic E-state index is 15.3. The first-order valence-corrected chi connectivity index (χ1v) is 12.9. The number of hydrogen-bond acceptors (Lipinski definition) is 4. The van der Waals surface area contributed by atoms with Crippen molar-refractivity contribution in [1.29, 1.82) is 5.26 Å². The van der Waals surface area contributed by atoms with Crippen molar-refractivity contribution >= 4 is 10.0 Å². The number of allylic oxidation sites excluding steroid dienone is 2. The molecule has 174 valence electrons. The molecule has 33 heavy (non-hydrogen) atoms. The smallest absolute Gasteiger partial charge is 0.221 e. The summed E-state index contributed by atoms with van der Waals surface area (Å²) in [7, 11) is -3.63. The molecule has 0 spiro atoms. The van der Waals surface area contributed by atoms with Crippen LogP contribution in [0.1, 0.15) is 54.5 Å². The van der Waals surface area contributed by atoms with E-state index in [0.29, 0.717) is 38.0 Å². The van der Waals surface area contributed by atoms with Gasteiger partial charge in [-0.2, -0.15) is 9.57 Å². The van der Waals surface area contributed by atoms with Crippen LogP contribution in [0.2, 0.25) is 0 Å². The Labute approximate surface area is 195 Å². The molecular formula is C26H29FN2O3S. The first kappa shape index (κ1) is 23.6. The zero-order valence-electron chi connectivity index (χ0n) is 18.8. The molecule has 2 heterocycles. The Morgan fingerprint density at radius 2 is 1.91 bits per heavy atom. The molecule has 2 fully saturated rings. The summed E-state index contributed by atoms with van der Waals surface area (Å²) in [4.78, 5) is 0. The molecule has 2 aromatic rings. The van der Waals surface area contributed by atoms with Gasteiger partial charge in [0.25, 0.3) is 0 Å². The Hall–Kier alpha value is -2.53. The van der Waals surface area contributed by atoms with Gasteiger partial charge in [-0.3, -0.25) is 0 Å². The third-order valence-electron chi connectivity index (χ3n) is 7.01. The average molecular weight is 469 g/mol. The van der Waals surface area contributed by atoms with E-state index in [1.165, 1.54) is 16.4 Å². The molecule has 5 nitrogen and oxygen atoms in total. The van der Waals surface area contributed by atoms with Gasteiger partial charge in [-0.1, -0.05) is 48.5 Å². The van der Waals surface area contributed by atoms with E-state index in [2.05, 4.69) is 0 Å². The predicted molar refractivity (Wildman–Crippen MR) is 125 cm³/mol. The minimum Gasteiger partial charge on any atom is -0.381 e. The van der Waals surface area contributed by atoms with Crippen molar-refractivity contribution in [3.8, 4) is 6.07 Å². The molecule has 0 N–H and O–H groups in total. The molecule has 4 rings (SSSR count). The van der Waals surface area contributed by atoms with E-state index in [1.54, 1.807) is 6.07 Å². The Morgan fingerprint density at radius 3 is 2.58 bits per heavy atom. The minimum atomic E-state index is -3.63. The normalized spacial score (nSPS) is 25.0. The first-order valence-electron chi connectivity index (χ1n) is 11.4. The molecule has 2 aromatic carbocycles. The van der Waals surface area contributed by atoms with Crippen LogP contribution in [0.5, 0.6) is 0 Å². The second-order valence-corrected chi connectivity index (χ2v) is 11.0. The van der Waals surface area contributed by atoms with E-state index in [4.69, 9.17) is 10.00 Å². The van der Waals surface area contributed by atoms with Crippen LogP contribution in [0.15, 0.2) is 60.7 Å². The zero-order chi connectivity index (χ0) is 23.5. The lowest BCUT2D eigenvalue weighted by atomic mass is 9.73. The topological polar surface area (TPSA) is 70.4 Å². The van der Waals surface area contributed by atoms with Gasteiger partial charge < -0.3 is 4.74 Å². The fourth-order valence-corrected chi connectivity index (χ4v) is 7.18. The lowest BCUT2D eigenvalue weighted by Crippen LogP contribution is -2.44. The lowest BCUT2D eigenvalue weighted by molar-refractivity contribution is 0.0653. The summed E-state index contributed by atoms with van der Waals surface area (Å²) < 4.78 is 49.2. The molecule has 0 bridgehead atoms. The highest BCUT2D eigenvalue weighted by molar-refractivity contribution is 7.89. The Morgan fingerprint density at radius 1 is 1.18 bits per heavy atom.